The van der Waals surface area contributed by atoms with E-state index in [-0.39, 0.29) is 12.6 Å². The van der Waals surface area contributed by atoms with Crippen LogP contribution in [0.4, 0.5) is 4.79 Å². The van der Waals surface area contributed by atoms with Crippen molar-refractivity contribution >= 4 is 6.03 Å². The van der Waals surface area contributed by atoms with Crippen molar-refractivity contribution < 1.29 is 14.6 Å². The van der Waals surface area contributed by atoms with Crippen molar-refractivity contribution in [1.29, 1.82) is 0 Å². The summed E-state index contributed by atoms with van der Waals surface area (Å²) in [6, 6.07) is 7.44. The van der Waals surface area contributed by atoms with E-state index in [0.717, 1.165) is 0 Å². The number of amides is 2. The second-order valence-corrected chi connectivity index (χ2v) is 5.19. The van der Waals surface area contributed by atoms with Crippen molar-refractivity contribution in [3.05, 3.63) is 29.8 Å². The SMILES string of the molecule is CC(O)CNC(=O)NC(C)Oc1ccc(C(C)C)cc1. The lowest BCUT2D eigenvalue weighted by Gasteiger charge is -2.17. The van der Waals surface area contributed by atoms with Crippen molar-refractivity contribution in [2.24, 2.45) is 0 Å². The largest absolute Gasteiger partial charge is 0.471 e. The van der Waals surface area contributed by atoms with E-state index < -0.39 is 12.3 Å². The number of aliphatic hydroxyl groups excluding tert-OH is 1. The van der Waals surface area contributed by atoms with Gasteiger partial charge in [-0.25, -0.2) is 4.79 Å². The molecule has 3 N–H and O–H groups in total. The Morgan fingerprint density at radius 3 is 2.30 bits per heavy atom. The highest BCUT2D eigenvalue weighted by atomic mass is 16.5. The minimum absolute atomic E-state index is 0.210. The molecule has 5 heteroatoms. The van der Waals surface area contributed by atoms with Crippen LogP contribution in [0.15, 0.2) is 24.3 Å². The molecule has 2 unspecified atom stereocenters. The molecule has 0 heterocycles. The zero-order valence-electron chi connectivity index (χ0n) is 12.5. The maximum Gasteiger partial charge on any atom is 0.317 e. The standard InChI is InChI=1S/C15H24N2O3/c1-10(2)13-5-7-14(8-6-13)20-12(4)17-15(19)16-9-11(3)18/h5-8,10-12,18H,9H2,1-4H3,(H2,16,17,19). The molecule has 112 valence electrons. The van der Waals surface area contributed by atoms with Gasteiger partial charge >= 0.3 is 6.03 Å². The van der Waals surface area contributed by atoms with Crippen molar-refractivity contribution in [3.8, 4) is 5.75 Å². The molecule has 0 radical (unpaired) electrons. The van der Waals surface area contributed by atoms with E-state index in [1.54, 1.807) is 13.8 Å². The minimum Gasteiger partial charge on any atom is -0.471 e. The Bertz CT molecular complexity index is 416. The molecule has 0 fully saturated rings. The van der Waals surface area contributed by atoms with E-state index in [1.165, 1.54) is 5.56 Å². The fourth-order valence-electron chi connectivity index (χ4n) is 1.64. The van der Waals surface area contributed by atoms with Crippen LogP contribution >= 0.6 is 0 Å². The van der Waals surface area contributed by atoms with Crippen LogP contribution in [0.25, 0.3) is 0 Å². The van der Waals surface area contributed by atoms with Crippen LogP contribution in [0.1, 0.15) is 39.2 Å². The summed E-state index contributed by atoms with van der Waals surface area (Å²) >= 11 is 0. The second kappa shape index (κ2) is 7.75. The van der Waals surface area contributed by atoms with Crippen LogP contribution in [0, 0.1) is 0 Å². The zero-order chi connectivity index (χ0) is 15.1. The third-order valence-electron chi connectivity index (χ3n) is 2.75. The molecular formula is C15H24N2O3. The predicted octanol–water partition coefficient (Wildman–Crippen LogP) is 2.21. The summed E-state index contributed by atoms with van der Waals surface area (Å²) < 4.78 is 5.59. The van der Waals surface area contributed by atoms with Gasteiger partial charge in [0, 0.05) is 6.54 Å². The number of benzene rings is 1. The fourth-order valence-corrected chi connectivity index (χ4v) is 1.64. The van der Waals surface area contributed by atoms with Crippen molar-refractivity contribution in [2.45, 2.75) is 45.9 Å². The summed E-state index contributed by atoms with van der Waals surface area (Å²) in [5, 5.41) is 14.2. The van der Waals surface area contributed by atoms with Crippen LogP contribution in [0.2, 0.25) is 0 Å². The van der Waals surface area contributed by atoms with Gasteiger partial charge in [0.25, 0.3) is 0 Å². The topological polar surface area (TPSA) is 70.6 Å². The summed E-state index contributed by atoms with van der Waals surface area (Å²) in [5.41, 5.74) is 1.24. The highest BCUT2D eigenvalue weighted by molar-refractivity contribution is 5.74. The molecule has 0 aromatic heterocycles. The van der Waals surface area contributed by atoms with E-state index in [1.807, 2.05) is 24.3 Å². The van der Waals surface area contributed by atoms with Gasteiger partial charge in [0.1, 0.15) is 5.75 Å². The van der Waals surface area contributed by atoms with Crippen LogP contribution in [0.5, 0.6) is 5.75 Å². The number of aliphatic hydroxyl groups is 1. The van der Waals surface area contributed by atoms with Crippen LogP contribution in [-0.4, -0.2) is 30.0 Å². The van der Waals surface area contributed by atoms with E-state index in [2.05, 4.69) is 24.5 Å². The molecule has 1 rings (SSSR count). The number of hydrogen-bond acceptors (Lipinski definition) is 3. The van der Waals surface area contributed by atoms with Crippen LogP contribution in [0.3, 0.4) is 0 Å². The molecule has 0 aliphatic rings. The quantitative estimate of drug-likeness (QED) is 0.700. The van der Waals surface area contributed by atoms with Gasteiger partial charge in [-0.15, -0.1) is 0 Å². The third-order valence-corrected chi connectivity index (χ3v) is 2.75. The Labute approximate surface area is 120 Å². The van der Waals surface area contributed by atoms with Gasteiger partial charge in [0.05, 0.1) is 6.10 Å². The average Bonchev–Trinajstić information content (AvgIpc) is 2.36. The van der Waals surface area contributed by atoms with E-state index in [0.29, 0.717) is 11.7 Å². The Morgan fingerprint density at radius 1 is 1.20 bits per heavy atom. The number of hydrogen-bond donors (Lipinski definition) is 3. The first kappa shape index (κ1) is 16.3. The van der Waals surface area contributed by atoms with Gasteiger partial charge in [0.15, 0.2) is 6.23 Å². The summed E-state index contributed by atoms with van der Waals surface area (Å²) in [7, 11) is 0. The Hall–Kier alpha value is -1.75. The van der Waals surface area contributed by atoms with Crippen LogP contribution < -0.4 is 15.4 Å². The summed E-state index contributed by atoms with van der Waals surface area (Å²) in [4.78, 5) is 11.5. The number of rotatable bonds is 6. The molecule has 1 aromatic rings. The van der Waals surface area contributed by atoms with E-state index >= 15 is 0 Å². The molecule has 0 saturated heterocycles. The third kappa shape index (κ3) is 5.93. The normalized spacial score (nSPS) is 13.7. The monoisotopic (exact) mass is 280 g/mol. The van der Waals surface area contributed by atoms with Gasteiger partial charge in [-0.1, -0.05) is 26.0 Å². The van der Waals surface area contributed by atoms with Gasteiger partial charge in [-0.05, 0) is 37.5 Å². The second-order valence-electron chi connectivity index (χ2n) is 5.19. The van der Waals surface area contributed by atoms with Crippen LogP contribution in [-0.2, 0) is 0 Å². The highest BCUT2D eigenvalue weighted by Crippen LogP contribution is 2.19. The molecule has 0 aliphatic carbocycles. The first-order valence-corrected chi connectivity index (χ1v) is 6.87. The smallest absolute Gasteiger partial charge is 0.317 e. The number of urea groups is 1. The highest BCUT2D eigenvalue weighted by Gasteiger charge is 2.09. The molecular weight excluding hydrogens is 256 g/mol. The van der Waals surface area contributed by atoms with Gasteiger partial charge in [-0.2, -0.15) is 0 Å². The lowest BCUT2D eigenvalue weighted by atomic mass is 10.0. The number of nitrogens with one attached hydrogen (secondary N) is 2. The number of ether oxygens (including phenoxy) is 1. The lowest BCUT2D eigenvalue weighted by Crippen LogP contribution is -2.45. The van der Waals surface area contributed by atoms with Gasteiger partial charge in [-0.3, -0.25) is 0 Å². The Balaban J connectivity index is 2.41. The molecule has 2 amide bonds. The Morgan fingerprint density at radius 2 is 1.80 bits per heavy atom. The zero-order valence-corrected chi connectivity index (χ0v) is 12.5. The molecule has 0 aliphatic heterocycles. The lowest BCUT2D eigenvalue weighted by molar-refractivity contribution is 0.166. The molecule has 0 spiro atoms. The maximum atomic E-state index is 11.5. The molecule has 0 bridgehead atoms. The maximum absolute atomic E-state index is 11.5. The molecule has 1 aromatic carbocycles. The first-order chi connectivity index (χ1) is 9.38. The fraction of sp³-hybridized carbons (Fsp3) is 0.533. The summed E-state index contributed by atoms with van der Waals surface area (Å²) in [6.45, 7) is 7.83. The Kier molecular flexibility index (Phi) is 6.31. The molecule has 20 heavy (non-hydrogen) atoms. The average molecular weight is 280 g/mol. The van der Waals surface area contributed by atoms with Gasteiger partial charge in [0.2, 0.25) is 0 Å². The van der Waals surface area contributed by atoms with Gasteiger partial charge < -0.3 is 20.5 Å². The molecule has 0 saturated carbocycles. The predicted molar refractivity (Wildman–Crippen MR) is 78.8 cm³/mol. The van der Waals surface area contributed by atoms with Crippen molar-refractivity contribution in [3.63, 3.8) is 0 Å². The first-order valence-electron chi connectivity index (χ1n) is 6.87. The summed E-state index contributed by atoms with van der Waals surface area (Å²) in [6.07, 6.45) is -1.02. The van der Waals surface area contributed by atoms with E-state index in [4.69, 9.17) is 9.84 Å². The molecule has 5 nitrogen and oxygen atoms in total. The van der Waals surface area contributed by atoms with Crippen molar-refractivity contribution in [2.75, 3.05) is 6.54 Å². The number of carbonyl (C=O) groups is 1. The van der Waals surface area contributed by atoms with Crippen molar-refractivity contribution in [1.82, 2.24) is 10.6 Å². The number of carbonyl (C=O) groups excluding carboxylic acids is 1. The minimum atomic E-state index is -0.569. The summed E-state index contributed by atoms with van der Waals surface area (Å²) in [5.74, 6) is 1.18. The molecule has 2 atom stereocenters. The van der Waals surface area contributed by atoms with E-state index in [9.17, 15) is 4.79 Å².